The van der Waals surface area contributed by atoms with Crippen molar-refractivity contribution in [1.82, 2.24) is 24.7 Å². The van der Waals surface area contributed by atoms with Crippen LogP contribution in [0, 0.1) is 6.92 Å². The number of ketones is 1. The average molecular weight is 329 g/mol. The molecule has 0 amide bonds. The number of nitrogens with one attached hydrogen (secondary N) is 1. The van der Waals surface area contributed by atoms with Crippen LogP contribution >= 0.6 is 0 Å². The number of ether oxygens (including phenoxy) is 2. The highest BCUT2D eigenvalue weighted by atomic mass is 16.5. The number of pyridine rings is 1. The number of carbonyl (C=O) groups excluding carboxylic acids is 2. The highest BCUT2D eigenvalue weighted by molar-refractivity contribution is 6.43. The number of aromatic amines is 1. The Kier molecular flexibility index (Phi) is 3.98. The first-order valence-electron chi connectivity index (χ1n) is 7.21. The van der Waals surface area contributed by atoms with Crippen molar-refractivity contribution in [3.8, 4) is 11.6 Å². The zero-order valence-corrected chi connectivity index (χ0v) is 13.4. The minimum absolute atomic E-state index is 0.120. The number of hydrogen-bond donors (Lipinski definition) is 1. The molecule has 0 atom stereocenters. The molecule has 124 valence electrons. The Hall–Kier alpha value is -3.23. The Bertz CT molecular complexity index is 927. The van der Waals surface area contributed by atoms with Gasteiger partial charge in [-0.25, -0.2) is 19.4 Å². The average Bonchev–Trinajstić information content (AvgIpc) is 3.20. The number of H-pyrrole nitrogens is 1. The molecule has 0 spiro atoms. The number of Topliss-reactive ketones (excluding diaryl/α,β-unsaturated/α-hetero) is 1. The molecule has 24 heavy (non-hydrogen) atoms. The number of fused-ring (bicyclic) bond motifs is 1. The molecule has 9 heteroatoms. The van der Waals surface area contributed by atoms with Gasteiger partial charge >= 0.3 is 5.97 Å². The Labute approximate surface area is 136 Å². The zero-order chi connectivity index (χ0) is 17.3. The van der Waals surface area contributed by atoms with E-state index < -0.39 is 11.8 Å². The molecule has 0 aliphatic rings. The van der Waals surface area contributed by atoms with Gasteiger partial charge in [0.05, 0.1) is 36.4 Å². The predicted octanol–water partition coefficient (Wildman–Crippen LogP) is 1.21. The van der Waals surface area contributed by atoms with E-state index in [1.807, 2.05) is 0 Å². The molecule has 0 fully saturated rings. The van der Waals surface area contributed by atoms with Gasteiger partial charge in [0.1, 0.15) is 17.9 Å². The number of rotatable bonds is 5. The minimum atomic E-state index is -0.921. The first-order valence-corrected chi connectivity index (χ1v) is 7.21. The number of carbonyl (C=O) groups is 2. The summed E-state index contributed by atoms with van der Waals surface area (Å²) in [6, 6.07) is 0. The molecule has 1 N–H and O–H groups in total. The van der Waals surface area contributed by atoms with Gasteiger partial charge < -0.3 is 14.5 Å². The van der Waals surface area contributed by atoms with Crippen LogP contribution in [0.1, 0.15) is 23.1 Å². The largest absolute Gasteiger partial charge is 0.494 e. The van der Waals surface area contributed by atoms with Crippen molar-refractivity contribution in [3.63, 3.8) is 0 Å². The summed E-state index contributed by atoms with van der Waals surface area (Å²) >= 11 is 0. The van der Waals surface area contributed by atoms with Gasteiger partial charge in [0.2, 0.25) is 0 Å². The van der Waals surface area contributed by atoms with E-state index in [2.05, 4.69) is 20.1 Å². The summed E-state index contributed by atoms with van der Waals surface area (Å²) in [5.74, 6) is -0.298. The van der Waals surface area contributed by atoms with Crippen molar-refractivity contribution in [2.75, 3.05) is 13.7 Å². The molecular formula is C15H15N5O4. The van der Waals surface area contributed by atoms with E-state index in [1.54, 1.807) is 13.8 Å². The number of hydrogen-bond acceptors (Lipinski definition) is 7. The van der Waals surface area contributed by atoms with Crippen LogP contribution in [-0.4, -0.2) is 50.2 Å². The van der Waals surface area contributed by atoms with Crippen molar-refractivity contribution in [3.05, 3.63) is 30.1 Å². The Morgan fingerprint density at radius 2 is 2.12 bits per heavy atom. The van der Waals surface area contributed by atoms with Crippen LogP contribution in [0.4, 0.5) is 0 Å². The highest BCUT2D eigenvalue weighted by Gasteiger charge is 2.25. The van der Waals surface area contributed by atoms with Crippen LogP contribution in [-0.2, 0) is 9.53 Å². The predicted molar refractivity (Wildman–Crippen MR) is 83.3 cm³/mol. The Morgan fingerprint density at radius 1 is 1.33 bits per heavy atom. The van der Waals surface area contributed by atoms with Gasteiger partial charge in [0, 0.05) is 6.20 Å². The number of aryl methyl sites for hydroxylation is 1. The normalized spacial score (nSPS) is 10.8. The first kappa shape index (κ1) is 15.7. The highest BCUT2D eigenvalue weighted by Crippen LogP contribution is 2.31. The Balaban J connectivity index is 2.20. The number of aromatic nitrogens is 5. The standard InChI is InChI=1S/C15H15N5O4/c1-4-24-15(22)13(21)9-5-16-12-11(9)10(23-3)6-17-14(12)20-7-18-8(2)19-20/h5-7,16H,4H2,1-3H3. The van der Waals surface area contributed by atoms with Crippen LogP contribution < -0.4 is 4.74 Å². The van der Waals surface area contributed by atoms with E-state index in [0.717, 1.165) is 0 Å². The molecule has 0 bridgehead atoms. The second-order valence-electron chi connectivity index (χ2n) is 4.89. The fourth-order valence-corrected chi connectivity index (χ4v) is 2.37. The summed E-state index contributed by atoms with van der Waals surface area (Å²) < 4.78 is 11.5. The minimum Gasteiger partial charge on any atom is -0.494 e. The molecule has 3 heterocycles. The molecule has 0 saturated carbocycles. The summed E-state index contributed by atoms with van der Waals surface area (Å²) in [5.41, 5.74) is 0.660. The van der Waals surface area contributed by atoms with Crippen LogP contribution in [0.3, 0.4) is 0 Å². The lowest BCUT2D eigenvalue weighted by Crippen LogP contribution is -2.17. The quantitative estimate of drug-likeness (QED) is 0.425. The van der Waals surface area contributed by atoms with E-state index in [0.29, 0.717) is 28.3 Å². The third kappa shape index (κ3) is 2.49. The van der Waals surface area contributed by atoms with Gasteiger partial charge in [-0.1, -0.05) is 0 Å². The van der Waals surface area contributed by atoms with Crippen molar-refractivity contribution >= 4 is 22.7 Å². The van der Waals surface area contributed by atoms with Crippen molar-refractivity contribution < 1.29 is 19.1 Å². The van der Waals surface area contributed by atoms with Gasteiger partial charge in [-0.3, -0.25) is 4.79 Å². The van der Waals surface area contributed by atoms with Crippen molar-refractivity contribution in [2.24, 2.45) is 0 Å². The van der Waals surface area contributed by atoms with Crippen LogP contribution in [0.15, 0.2) is 18.7 Å². The summed E-state index contributed by atoms with van der Waals surface area (Å²) in [4.78, 5) is 35.4. The lowest BCUT2D eigenvalue weighted by Gasteiger charge is -2.07. The van der Waals surface area contributed by atoms with Crippen molar-refractivity contribution in [1.29, 1.82) is 0 Å². The monoisotopic (exact) mass is 329 g/mol. The molecule has 0 saturated heterocycles. The van der Waals surface area contributed by atoms with Crippen LogP contribution in [0.5, 0.6) is 5.75 Å². The lowest BCUT2D eigenvalue weighted by atomic mass is 10.1. The molecule has 3 aromatic rings. The second kappa shape index (κ2) is 6.11. The molecule has 9 nitrogen and oxygen atoms in total. The van der Waals surface area contributed by atoms with Gasteiger partial charge in [-0.15, -0.1) is 0 Å². The van der Waals surface area contributed by atoms with Gasteiger partial charge in [0.15, 0.2) is 5.82 Å². The topological polar surface area (TPSA) is 112 Å². The zero-order valence-electron chi connectivity index (χ0n) is 13.4. The van der Waals surface area contributed by atoms with E-state index in [-0.39, 0.29) is 12.2 Å². The molecule has 3 aromatic heterocycles. The fourth-order valence-electron chi connectivity index (χ4n) is 2.37. The lowest BCUT2D eigenvalue weighted by molar-refractivity contribution is -0.137. The van der Waals surface area contributed by atoms with Crippen LogP contribution in [0.25, 0.3) is 16.7 Å². The summed E-state index contributed by atoms with van der Waals surface area (Å²) in [6.45, 7) is 3.51. The van der Waals surface area contributed by atoms with E-state index in [4.69, 9.17) is 9.47 Å². The maximum Gasteiger partial charge on any atom is 0.379 e. The number of esters is 1. The molecule has 0 aliphatic carbocycles. The third-order valence-corrected chi connectivity index (χ3v) is 3.40. The fraction of sp³-hybridized carbons (Fsp3) is 0.267. The third-order valence-electron chi connectivity index (χ3n) is 3.40. The van der Waals surface area contributed by atoms with E-state index in [1.165, 1.54) is 30.5 Å². The smallest absolute Gasteiger partial charge is 0.379 e. The number of nitrogens with zero attached hydrogens (tertiary/aromatic N) is 4. The molecule has 0 unspecified atom stereocenters. The van der Waals surface area contributed by atoms with Crippen LogP contribution in [0.2, 0.25) is 0 Å². The number of methoxy groups -OCH3 is 1. The summed E-state index contributed by atoms with van der Waals surface area (Å²) in [5, 5.41) is 4.65. The SMILES string of the molecule is CCOC(=O)C(=O)c1c[nH]c2c(-n3cnc(C)n3)ncc(OC)c12. The maximum atomic E-state index is 12.3. The molecule has 0 aliphatic heterocycles. The van der Waals surface area contributed by atoms with Gasteiger partial charge in [0.25, 0.3) is 5.78 Å². The second-order valence-corrected chi connectivity index (χ2v) is 4.89. The maximum absolute atomic E-state index is 12.3. The van der Waals surface area contributed by atoms with E-state index in [9.17, 15) is 9.59 Å². The van der Waals surface area contributed by atoms with Gasteiger partial charge in [-0.2, -0.15) is 5.10 Å². The molecular weight excluding hydrogens is 314 g/mol. The van der Waals surface area contributed by atoms with Crippen molar-refractivity contribution in [2.45, 2.75) is 13.8 Å². The molecule has 0 aromatic carbocycles. The van der Waals surface area contributed by atoms with Gasteiger partial charge in [-0.05, 0) is 13.8 Å². The molecule has 0 radical (unpaired) electrons. The summed E-state index contributed by atoms with van der Waals surface area (Å²) in [6.07, 6.45) is 4.41. The Morgan fingerprint density at radius 3 is 2.75 bits per heavy atom. The first-order chi connectivity index (χ1) is 11.6. The van der Waals surface area contributed by atoms with E-state index >= 15 is 0 Å². The summed E-state index contributed by atoms with van der Waals surface area (Å²) in [7, 11) is 1.46. The molecule has 3 rings (SSSR count).